The Morgan fingerprint density at radius 1 is 1.18 bits per heavy atom. The fraction of sp³-hybridized carbons (Fsp3) is 0.773. The highest BCUT2D eigenvalue weighted by Crippen LogP contribution is 2.36. The number of hydrogen-bond acceptors (Lipinski definition) is 5. The van der Waals surface area contributed by atoms with E-state index in [-0.39, 0.29) is 30.5 Å². The minimum absolute atomic E-state index is 0.104. The molecule has 0 aromatic rings. The number of carbonyl (C=O) groups excluding carboxylic acids is 2. The van der Waals surface area contributed by atoms with Gasteiger partial charge in [0.1, 0.15) is 11.9 Å². The van der Waals surface area contributed by atoms with Gasteiger partial charge in [0.05, 0.1) is 6.10 Å². The summed E-state index contributed by atoms with van der Waals surface area (Å²) in [4.78, 5) is 34.4. The van der Waals surface area contributed by atoms with Crippen molar-refractivity contribution in [3.05, 3.63) is 12.2 Å². The van der Waals surface area contributed by atoms with E-state index in [1.54, 1.807) is 6.08 Å². The van der Waals surface area contributed by atoms with Crippen molar-refractivity contribution in [3.8, 4) is 0 Å². The van der Waals surface area contributed by atoms with Crippen LogP contribution in [0.15, 0.2) is 12.2 Å². The van der Waals surface area contributed by atoms with Crippen LogP contribution in [0.25, 0.3) is 0 Å². The number of aliphatic hydroxyl groups excluding tert-OH is 1. The molecule has 1 unspecified atom stereocenters. The number of Topliss-reactive ketones (excluding diaryl/α,β-unsaturated/α-hetero) is 1. The zero-order valence-electron chi connectivity index (χ0n) is 17.3. The minimum Gasteiger partial charge on any atom is -0.481 e. The molecule has 0 aliphatic heterocycles. The second-order valence-corrected chi connectivity index (χ2v) is 7.80. The predicted octanol–water partition coefficient (Wildman–Crippen LogP) is 4.05. The largest absolute Gasteiger partial charge is 0.481 e. The Morgan fingerprint density at radius 3 is 2.54 bits per heavy atom. The highest BCUT2D eigenvalue weighted by molar-refractivity contribution is 5.85. The summed E-state index contributed by atoms with van der Waals surface area (Å²) in [5, 5.41) is 18.8. The molecule has 0 radical (unpaired) electrons. The van der Waals surface area contributed by atoms with Crippen LogP contribution >= 0.6 is 0 Å². The van der Waals surface area contributed by atoms with Gasteiger partial charge >= 0.3 is 11.9 Å². The first-order chi connectivity index (χ1) is 13.3. The molecule has 2 N–H and O–H groups in total. The lowest BCUT2D eigenvalue weighted by molar-refractivity contribution is -0.147. The van der Waals surface area contributed by atoms with Gasteiger partial charge in [0.25, 0.3) is 0 Å². The van der Waals surface area contributed by atoms with Crippen LogP contribution in [-0.2, 0) is 19.1 Å². The second kappa shape index (κ2) is 13.5. The zero-order chi connectivity index (χ0) is 20.9. The third kappa shape index (κ3) is 9.49. The molecule has 1 saturated carbocycles. The van der Waals surface area contributed by atoms with Gasteiger partial charge in [-0.25, -0.2) is 0 Å². The summed E-state index contributed by atoms with van der Waals surface area (Å²) in [5.41, 5.74) is 0. The van der Waals surface area contributed by atoms with Gasteiger partial charge in [0.15, 0.2) is 0 Å². The number of rotatable bonds is 14. The number of unbranched alkanes of at least 4 members (excludes halogenated alkanes) is 5. The summed E-state index contributed by atoms with van der Waals surface area (Å²) in [6.45, 7) is 3.46. The lowest BCUT2D eigenvalue weighted by Crippen LogP contribution is -2.23. The molecule has 1 rings (SSSR count). The maximum atomic E-state index is 12.5. The first-order valence-electron chi connectivity index (χ1n) is 10.6. The van der Waals surface area contributed by atoms with E-state index in [2.05, 4.69) is 6.92 Å². The van der Waals surface area contributed by atoms with E-state index < -0.39 is 24.1 Å². The van der Waals surface area contributed by atoms with Gasteiger partial charge in [-0.1, -0.05) is 57.6 Å². The van der Waals surface area contributed by atoms with Crippen LogP contribution in [0.1, 0.15) is 84.5 Å². The molecule has 0 spiro atoms. The predicted molar refractivity (Wildman–Crippen MR) is 107 cm³/mol. The second-order valence-electron chi connectivity index (χ2n) is 7.80. The topological polar surface area (TPSA) is 101 Å². The van der Waals surface area contributed by atoms with Gasteiger partial charge in [-0.05, 0) is 19.3 Å². The Morgan fingerprint density at radius 2 is 1.89 bits per heavy atom. The summed E-state index contributed by atoms with van der Waals surface area (Å²) in [6.07, 6.45) is 10.7. The Bertz CT molecular complexity index is 527. The number of aliphatic hydroxyl groups is 1. The van der Waals surface area contributed by atoms with Crippen molar-refractivity contribution < 1.29 is 29.3 Å². The standard InChI is InChI=1S/C22H36O6/c1-3-4-7-10-17(24)13-14-19-18(11-8-5-6-9-12-22(26)27)20(25)15-21(19)28-16(2)23/h13-14,17-19,21,24H,3-12,15H2,1-2H3,(H,26,27)/t17?,18-,19-,21-/m0/s1. The van der Waals surface area contributed by atoms with Crippen molar-refractivity contribution >= 4 is 17.7 Å². The molecule has 1 fully saturated rings. The maximum absolute atomic E-state index is 12.5. The molecule has 0 amide bonds. The lowest BCUT2D eigenvalue weighted by Gasteiger charge is -2.21. The molecule has 0 heterocycles. The van der Waals surface area contributed by atoms with Gasteiger partial charge in [0, 0.05) is 31.6 Å². The van der Waals surface area contributed by atoms with Crippen LogP contribution in [0.3, 0.4) is 0 Å². The van der Waals surface area contributed by atoms with E-state index in [1.807, 2.05) is 6.08 Å². The first-order valence-corrected chi connectivity index (χ1v) is 10.6. The van der Waals surface area contributed by atoms with Crippen LogP contribution in [0.5, 0.6) is 0 Å². The molecule has 1 aliphatic carbocycles. The number of ether oxygens (including phenoxy) is 1. The molecule has 0 aromatic carbocycles. The summed E-state index contributed by atoms with van der Waals surface area (Å²) >= 11 is 0. The third-order valence-corrected chi connectivity index (χ3v) is 5.34. The van der Waals surface area contributed by atoms with E-state index >= 15 is 0 Å². The smallest absolute Gasteiger partial charge is 0.303 e. The molecule has 6 nitrogen and oxygen atoms in total. The van der Waals surface area contributed by atoms with Crippen LogP contribution < -0.4 is 0 Å². The summed E-state index contributed by atoms with van der Waals surface area (Å²) in [6, 6.07) is 0. The number of carbonyl (C=O) groups is 3. The monoisotopic (exact) mass is 396 g/mol. The zero-order valence-corrected chi connectivity index (χ0v) is 17.3. The molecule has 28 heavy (non-hydrogen) atoms. The molecule has 0 aromatic heterocycles. The molecule has 1 aliphatic rings. The van der Waals surface area contributed by atoms with Crippen molar-refractivity contribution in [2.45, 2.75) is 96.7 Å². The normalized spacial score (nSPS) is 23.2. The number of esters is 1. The van der Waals surface area contributed by atoms with Crippen LogP contribution in [0.4, 0.5) is 0 Å². The molecule has 6 heteroatoms. The summed E-state index contributed by atoms with van der Waals surface area (Å²) in [5.74, 6) is -1.47. The Kier molecular flexibility index (Phi) is 11.7. The highest BCUT2D eigenvalue weighted by atomic mass is 16.5. The van der Waals surface area contributed by atoms with Gasteiger partial charge in [0.2, 0.25) is 0 Å². The van der Waals surface area contributed by atoms with Crippen molar-refractivity contribution in [1.82, 2.24) is 0 Å². The van der Waals surface area contributed by atoms with Crippen molar-refractivity contribution in [3.63, 3.8) is 0 Å². The number of carboxylic acid groups (broad SMARTS) is 1. The number of aliphatic carboxylic acids is 1. The van der Waals surface area contributed by atoms with Gasteiger partial charge in [-0.15, -0.1) is 0 Å². The van der Waals surface area contributed by atoms with Crippen LogP contribution in [-0.4, -0.2) is 40.1 Å². The fourth-order valence-electron chi connectivity index (χ4n) is 3.85. The Labute approximate surface area is 168 Å². The van der Waals surface area contributed by atoms with Crippen molar-refractivity contribution in [2.24, 2.45) is 11.8 Å². The van der Waals surface area contributed by atoms with Gasteiger partial charge < -0.3 is 14.9 Å². The highest BCUT2D eigenvalue weighted by Gasteiger charge is 2.42. The maximum Gasteiger partial charge on any atom is 0.303 e. The average molecular weight is 397 g/mol. The molecular formula is C22H36O6. The number of carboxylic acids is 1. The van der Waals surface area contributed by atoms with E-state index in [0.29, 0.717) is 19.3 Å². The van der Waals surface area contributed by atoms with Crippen LogP contribution in [0, 0.1) is 11.8 Å². The van der Waals surface area contributed by atoms with E-state index in [9.17, 15) is 19.5 Å². The fourth-order valence-corrected chi connectivity index (χ4v) is 3.85. The summed E-state index contributed by atoms with van der Waals surface area (Å²) in [7, 11) is 0. The van der Waals surface area contributed by atoms with Gasteiger partial charge in [-0.2, -0.15) is 0 Å². The number of ketones is 1. The molecule has 4 atom stereocenters. The molecule has 0 saturated heterocycles. The van der Waals surface area contributed by atoms with Crippen LogP contribution in [0.2, 0.25) is 0 Å². The molecule has 160 valence electrons. The molecular weight excluding hydrogens is 360 g/mol. The third-order valence-electron chi connectivity index (χ3n) is 5.34. The Balaban J connectivity index is 2.60. The van der Waals surface area contributed by atoms with Crippen molar-refractivity contribution in [2.75, 3.05) is 0 Å². The van der Waals surface area contributed by atoms with E-state index in [1.165, 1.54) is 6.92 Å². The van der Waals surface area contributed by atoms with Crippen molar-refractivity contribution in [1.29, 1.82) is 0 Å². The first kappa shape index (κ1) is 24.3. The summed E-state index contributed by atoms with van der Waals surface area (Å²) < 4.78 is 5.37. The lowest BCUT2D eigenvalue weighted by atomic mass is 9.88. The van der Waals surface area contributed by atoms with Gasteiger partial charge in [-0.3, -0.25) is 14.4 Å². The Hall–Kier alpha value is -1.69. The minimum atomic E-state index is -0.780. The quantitative estimate of drug-likeness (QED) is 0.261. The molecule has 0 bridgehead atoms. The van der Waals surface area contributed by atoms with E-state index in [4.69, 9.17) is 9.84 Å². The SMILES string of the molecule is CCCCCC(O)C=C[C@@H]1[C@@H](OC(C)=O)CC(=O)[C@H]1CCCCCCC(=O)O. The average Bonchev–Trinajstić information content (AvgIpc) is 2.90. The number of hydrogen-bond donors (Lipinski definition) is 2. The van der Waals surface area contributed by atoms with E-state index in [0.717, 1.165) is 38.5 Å².